The second-order valence-electron chi connectivity index (χ2n) is 6.05. The number of ether oxygens (including phenoxy) is 2. The van der Waals surface area contributed by atoms with Gasteiger partial charge >= 0.3 is 5.97 Å². The number of rotatable bonds is 6. The van der Waals surface area contributed by atoms with E-state index >= 15 is 0 Å². The first-order chi connectivity index (χ1) is 13.0. The molecule has 1 amide bonds. The van der Waals surface area contributed by atoms with Crippen molar-refractivity contribution in [3.63, 3.8) is 0 Å². The number of carboxylic acids is 1. The van der Waals surface area contributed by atoms with Crippen LogP contribution < -0.4 is 14.5 Å². The van der Waals surface area contributed by atoms with E-state index in [0.717, 1.165) is 18.9 Å². The predicted molar refractivity (Wildman–Crippen MR) is 99.6 cm³/mol. The Morgan fingerprint density at radius 2 is 2.04 bits per heavy atom. The molecule has 1 fully saturated rings. The molecule has 1 saturated heterocycles. The third-order valence-corrected chi connectivity index (χ3v) is 4.20. The molecule has 0 bridgehead atoms. The van der Waals surface area contributed by atoms with Crippen LogP contribution in [0.4, 0.5) is 11.5 Å². The van der Waals surface area contributed by atoms with Crippen LogP contribution in [0.3, 0.4) is 0 Å². The van der Waals surface area contributed by atoms with Crippen LogP contribution in [0.25, 0.3) is 0 Å². The highest BCUT2D eigenvalue weighted by molar-refractivity contribution is 6.05. The molecule has 0 atom stereocenters. The number of amides is 1. The van der Waals surface area contributed by atoms with Gasteiger partial charge in [0, 0.05) is 25.7 Å². The van der Waals surface area contributed by atoms with Gasteiger partial charge in [-0.2, -0.15) is 0 Å². The van der Waals surface area contributed by atoms with Crippen LogP contribution in [0.1, 0.15) is 10.4 Å². The van der Waals surface area contributed by atoms with Crippen LogP contribution in [-0.4, -0.2) is 61.9 Å². The van der Waals surface area contributed by atoms with Gasteiger partial charge in [0.25, 0.3) is 5.91 Å². The zero-order valence-electron chi connectivity index (χ0n) is 15.0. The van der Waals surface area contributed by atoms with Crippen molar-refractivity contribution in [3.05, 3.63) is 48.2 Å². The number of pyridine rings is 1. The molecule has 0 saturated carbocycles. The molecule has 1 aromatic heterocycles. The fraction of sp³-hybridized carbons (Fsp3) is 0.316. The minimum Gasteiger partial charge on any atom is -0.482 e. The number of carbonyl (C=O) groups is 2. The molecule has 1 aromatic carbocycles. The van der Waals surface area contributed by atoms with E-state index < -0.39 is 12.6 Å². The first-order valence-corrected chi connectivity index (χ1v) is 8.56. The average Bonchev–Trinajstić information content (AvgIpc) is 2.72. The Kier molecular flexibility index (Phi) is 5.87. The van der Waals surface area contributed by atoms with Gasteiger partial charge in [-0.25, -0.2) is 9.78 Å². The topological polar surface area (TPSA) is 92.2 Å². The number of aromatic nitrogens is 1. The molecule has 8 heteroatoms. The van der Waals surface area contributed by atoms with Gasteiger partial charge < -0.3 is 24.4 Å². The number of anilines is 2. The summed E-state index contributed by atoms with van der Waals surface area (Å²) in [5, 5.41) is 8.69. The lowest BCUT2D eigenvalue weighted by Gasteiger charge is -2.28. The number of hydrogen-bond donors (Lipinski definition) is 1. The standard InChI is InChI=1S/C19H21N3O5/c1-21(15-5-6-17(20-12-15)22-7-9-26-10-8-22)19(25)14-3-2-4-16(11-14)27-13-18(23)24/h2-6,11-12H,7-10,13H2,1H3,(H,23,24). The van der Waals surface area contributed by atoms with Gasteiger partial charge in [-0.05, 0) is 30.3 Å². The third-order valence-electron chi connectivity index (χ3n) is 4.20. The molecule has 8 nitrogen and oxygen atoms in total. The van der Waals surface area contributed by atoms with Gasteiger partial charge in [-0.3, -0.25) is 4.79 Å². The van der Waals surface area contributed by atoms with Crippen molar-refractivity contribution in [3.8, 4) is 5.75 Å². The SMILES string of the molecule is CN(C(=O)c1cccc(OCC(=O)O)c1)c1ccc(N2CCOCC2)nc1. The monoisotopic (exact) mass is 371 g/mol. The van der Waals surface area contributed by atoms with Crippen molar-refractivity contribution < 1.29 is 24.2 Å². The summed E-state index contributed by atoms with van der Waals surface area (Å²) in [4.78, 5) is 31.4. The van der Waals surface area contributed by atoms with Gasteiger partial charge in [0.1, 0.15) is 11.6 Å². The molecule has 142 valence electrons. The first kappa shape index (κ1) is 18.7. The van der Waals surface area contributed by atoms with Gasteiger partial charge in [-0.1, -0.05) is 6.07 Å². The van der Waals surface area contributed by atoms with Crippen LogP contribution in [0.2, 0.25) is 0 Å². The van der Waals surface area contributed by atoms with E-state index in [1.54, 1.807) is 31.4 Å². The number of aliphatic carboxylic acids is 1. The molecule has 1 N–H and O–H groups in total. The first-order valence-electron chi connectivity index (χ1n) is 8.56. The molecule has 1 aliphatic rings. The number of morpholine rings is 1. The van der Waals surface area contributed by atoms with E-state index in [4.69, 9.17) is 14.6 Å². The molecule has 0 radical (unpaired) electrons. The van der Waals surface area contributed by atoms with Crippen LogP contribution in [-0.2, 0) is 9.53 Å². The highest BCUT2D eigenvalue weighted by Crippen LogP contribution is 2.21. The smallest absolute Gasteiger partial charge is 0.341 e. The van der Waals surface area contributed by atoms with E-state index in [1.807, 2.05) is 12.1 Å². The average molecular weight is 371 g/mol. The summed E-state index contributed by atoms with van der Waals surface area (Å²) in [6.07, 6.45) is 1.66. The van der Waals surface area contributed by atoms with Crippen molar-refractivity contribution in [2.75, 3.05) is 49.8 Å². The van der Waals surface area contributed by atoms with Crippen LogP contribution in [0.15, 0.2) is 42.6 Å². The minimum atomic E-state index is -1.07. The fourth-order valence-corrected chi connectivity index (χ4v) is 2.73. The van der Waals surface area contributed by atoms with Crippen molar-refractivity contribution in [1.29, 1.82) is 0 Å². The lowest BCUT2D eigenvalue weighted by Crippen LogP contribution is -2.36. The molecular formula is C19H21N3O5. The zero-order chi connectivity index (χ0) is 19.2. The largest absolute Gasteiger partial charge is 0.482 e. The maximum absolute atomic E-state index is 12.7. The quantitative estimate of drug-likeness (QED) is 0.825. The van der Waals surface area contributed by atoms with E-state index in [2.05, 4.69) is 9.88 Å². The summed E-state index contributed by atoms with van der Waals surface area (Å²) in [5.41, 5.74) is 1.06. The Hall–Kier alpha value is -3.13. The molecule has 2 aromatic rings. The van der Waals surface area contributed by atoms with Crippen molar-refractivity contribution in [2.24, 2.45) is 0 Å². The van der Waals surface area contributed by atoms with Crippen molar-refractivity contribution >= 4 is 23.4 Å². The molecular weight excluding hydrogens is 350 g/mol. The van der Waals surface area contributed by atoms with E-state index in [1.165, 1.54) is 11.0 Å². The summed E-state index contributed by atoms with van der Waals surface area (Å²) >= 11 is 0. The van der Waals surface area contributed by atoms with Crippen LogP contribution in [0.5, 0.6) is 5.75 Å². The maximum Gasteiger partial charge on any atom is 0.341 e. The van der Waals surface area contributed by atoms with Crippen LogP contribution >= 0.6 is 0 Å². The van der Waals surface area contributed by atoms with Crippen molar-refractivity contribution in [1.82, 2.24) is 4.98 Å². The Balaban J connectivity index is 1.69. The van der Waals surface area contributed by atoms with Crippen LogP contribution in [0, 0.1) is 0 Å². The van der Waals surface area contributed by atoms with Crippen molar-refractivity contribution in [2.45, 2.75) is 0 Å². The van der Waals surface area contributed by atoms with Gasteiger partial charge in [0.05, 0.1) is 25.1 Å². The fourth-order valence-electron chi connectivity index (χ4n) is 2.73. The highest BCUT2D eigenvalue weighted by Gasteiger charge is 2.16. The molecule has 27 heavy (non-hydrogen) atoms. The lowest BCUT2D eigenvalue weighted by atomic mass is 10.2. The number of benzene rings is 1. The Morgan fingerprint density at radius 3 is 2.70 bits per heavy atom. The molecule has 0 aliphatic carbocycles. The Bertz CT molecular complexity index is 803. The lowest BCUT2D eigenvalue weighted by molar-refractivity contribution is -0.139. The summed E-state index contributed by atoms with van der Waals surface area (Å²) in [6.45, 7) is 2.50. The summed E-state index contributed by atoms with van der Waals surface area (Å²) in [5.74, 6) is -0.128. The Morgan fingerprint density at radius 1 is 1.26 bits per heavy atom. The molecule has 0 spiro atoms. The molecule has 0 unspecified atom stereocenters. The molecule has 3 rings (SSSR count). The zero-order valence-corrected chi connectivity index (χ0v) is 15.0. The van der Waals surface area contributed by atoms with Gasteiger partial charge in [0.15, 0.2) is 6.61 Å². The van der Waals surface area contributed by atoms with E-state index in [9.17, 15) is 9.59 Å². The number of nitrogens with zero attached hydrogens (tertiary/aromatic N) is 3. The molecule has 1 aliphatic heterocycles. The second-order valence-corrected chi connectivity index (χ2v) is 6.05. The Labute approximate surface area is 156 Å². The third kappa shape index (κ3) is 4.73. The predicted octanol–water partition coefficient (Wildman–Crippen LogP) is 1.66. The minimum absolute atomic E-state index is 0.239. The maximum atomic E-state index is 12.7. The summed E-state index contributed by atoms with van der Waals surface area (Å²) < 4.78 is 10.5. The number of carboxylic acid groups (broad SMARTS) is 1. The number of carbonyl (C=O) groups excluding carboxylic acids is 1. The number of hydrogen-bond acceptors (Lipinski definition) is 6. The highest BCUT2D eigenvalue weighted by atomic mass is 16.5. The van der Waals surface area contributed by atoms with E-state index in [-0.39, 0.29) is 5.91 Å². The van der Waals surface area contributed by atoms with E-state index in [0.29, 0.717) is 30.2 Å². The van der Waals surface area contributed by atoms with Gasteiger partial charge in [0.2, 0.25) is 0 Å². The summed E-state index contributed by atoms with van der Waals surface area (Å²) in [6, 6.07) is 10.2. The molecule has 2 heterocycles. The second kappa shape index (κ2) is 8.50. The van der Waals surface area contributed by atoms with Gasteiger partial charge in [-0.15, -0.1) is 0 Å². The summed E-state index contributed by atoms with van der Waals surface area (Å²) in [7, 11) is 1.67. The normalized spacial score (nSPS) is 13.9.